The van der Waals surface area contributed by atoms with E-state index in [9.17, 15) is 4.79 Å². The van der Waals surface area contributed by atoms with E-state index in [1.54, 1.807) is 0 Å². The van der Waals surface area contributed by atoms with E-state index in [1.165, 1.54) is 11.8 Å². The first-order valence-electron chi connectivity index (χ1n) is 7.51. The SMILES string of the molecule is C/C(=N/N=C1/NC(=O)C(Cc2ccccc2)S1)c1ccc(Cl)cc1. The maximum absolute atomic E-state index is 12.1. The van der Waals surface area contributed by atoms with Gasteiger partial charge in [0.05, 0.1) is 11.0 Å². The molecule has 1 aliphatic rings. The number of hydrogen-bond donors (Lipinski definition) is 1. The molecule has 1 unspecified atom stereocenters. The van der Waals surface area contributed by atoms with Crippen LogP contribution >= 0.6 is 23.4 Å². The summed E-state index contributed by atoms with van der Waals surface area (Å²) in [6, 6.07) is 17.4. The summed E-state index contributed by atoms with van der Waals surface area (Å²) in [7, 11) is 0. The van der Waals surface area contributed by atoms with E-state index in [0.29, 0.717) is 16.6 Å². The van der Waals surface area contributed by atoms with Gasteiger partial charge in [-0.05, 0) is 36.6 Å². The summed E-state index contributed by atoms with van der Waals surface area (Å²) in [4.78, 5) is 12.1. The number of amidine groups is 1. The van der Waals surface area contributed by atoms with Gasteiger partial charge in [0, 0.05) is 5.02 Å². The molecule has 0 saturated carbocycles. The van der Waals surface area contributed by atoms with E-state index in [-0.39, 0.29) is 11.2 Å². The van der Waals surface area contributed by atoms with E-state index in [1.807, 2.05) is 61.5 Å². The maximum Gasteiger partial charge on any atom is 0.239 e. The van der Waals surface area contributed by atoms with Gasteiger partial charge in [0.1, 0.15) is 0 Å². The number of thioether (sulfide) groups is 1. The van der Waals surface area contributed by atoms with Crippen molar-refractivity contribution in [2.24, 2.45) is 10.2 Å². The third kappa shape index (κ3) is 4.24. The Morgan fingerprint density at radius 1 is 1.17 bits per heavy atom. The molecule has 1 N–H and O–H groups in total. The molecule has 1 amide bonds. The number of hydrogen-bond acceptors (Lipinski definition) is 4. The minimum atomic E-state index is -0.169. The molecule has 0 spiro atoms. The molecule has 4 nitrogen and oxygen atoms in total. The van der Waals surface area contributed by atoms with Crippen LogP contribution in [0.5, 0.6) is 0 Å². The van der Waals surface area contributed by atoms with E-state index < -0.39 is 0 Å². The lowest BCUT2D eigenvalue weighted by Crippen LogP contribution is -2.25. The van der Waals surface area contributed by atoms with Gasteiger partial charge in [-0.2, -0.15) is 5.10 Å². The minimum Gasteiger partial charge on any atom is -0.303 e. The molecule has 1 aliphatic heterocycles. The first-order valence-corrected chi connectivity index (χ1v) is 8.77. The van der Waals surface area contributed by atoms with Gasteiger partial charge in [0.25, 0.3) is 0 Å². The van der Waals surface area contributed by atoms with E-state index in [2.05, 4.69) is 15.5 Å². The summed E-state index contributed by atoms with van der Waals surface area (Å²) < 4.78 is 0. The molecule has 122 valence electrons. The first-order chi connectivity index (χ1) is 11.6. The Hall–Kier alpha value is -2.11. The largest absolute Gasteiger partial charge is 0.303 e. The van der Waals surface area contributed by atoms with Crippen molar-refractivity contribution >= 4 is 40.1 Å². The zero-order valence-electron chi connectivity index (χ0n) is 13.1. The Balaban J connectivity index is 1.67. The van der Waals surface area contributed by atoms with Crippen molar-refractivity contribution in [1.29, 1.82) is 0 Å². The third-order valence-corrected chi connectivity index (χ3v) is 4.92. The lowest BCUT2D eigenvalue weighted by molar-refractivity contribution is -0.118. The van der Waals surface area contributed by atoms with E-state index in [4.69, 9.17) is 11.6 Å². The average molecular weight is 358 g/mol. The lowest BCUT2D eigenvalue weighted by Gasteiger charge is -2.04. The normalized spacial score (nSPS) is 19.6. The van der Waals surface area contributed by atoms with Crippen LogP contribution in [0.4, 0.5) is 0 Å². The van der Waals surface area contributed by atoms with Crippen molar-refractivity contribution in [1.82, 2.24) is 5.32 Å². The van der Waals surface area contributed by atoms with E-state index >= 15 is 0 Å². The molecule has 1 fully saturated rings. The summed E-state index contributed by atoms with van der Waals surface area (Å²) >= 11 is 7.29. The van der Waals surface area contributed by atoms with Gasteiger partial charge >= 0.3 is 0 Å². The Morgan fingerprint density at radius 3 is 2.58 bits per heavy atom. The maximum atomic E-state index is 12.1. The van der Waals surface area contributed by atoms with Crippen LogP contribution in [-0.2, 0) is 11.2 Å². The number of rotatable bonds is 4. The van der Waals surface area contributed by atoms with Crippen LogP contribution in [0.2, 0.25) is 5.02 Å². The molecule has 3 rings (SSSR count). The first kappa shape index (κ1) is 16.7. The van der Waals surface area contributed by atoms with Crippen molar-refractivity contribution in [3.63, 3.8) is 0 Å². The van der Waals surface area contributed by atoms with Gasteiger partial charge in [-0.3, -0.25) is 4.79 Å². The third-order valence-electron chi connectivity index (χ3n) is 3.59. The Bertz CT molecular complexity index is 788. The topological polar surface area (TPSA) is 53.8 Å². The summed E-state index contributed by atoms with van der Waals surface area (Å²) in [5, 5.41) is 12.2. The van der Waals surface area contributed by atoms with Crippen LogP contribution in [0, 0.1) is 0 Å². The molecule has 1 saturated heterocycles. The monoisotopic (exact) mass is 357 g/mol. The molecular formula is C18H16ClN3OS. The number of amides is 1. The quantitative estimate of drug-likeness (QED) is 0.666. The lowest BCUT2D eigenvalue weighted by atomic mass is 10.1. The fourth-order valence-electron chi connectivity index (χ4n) is 2.28. The van der Waals surface area contributed by atoms with Crippen LogP contribution in [-0.4, -0.2) is 22.0 Å². The molecule has 2 aromatic rings. The van der Waals surface area contributed by atoms with Gasteiger partial charge in [0.15, 0.2) is 5.17 Å². The fourth-order valence-corrected chi connectivity index (χ4v) is 3.37. The predicted octanol–water partition coefficient (Wildman–Crippen LogP) is 3.89. The van der Waals surface area contributed by atoms with Gasteiger partial charge in [-0.1, -0.05) is 65.8 Å². The molecule has 24 heavy (non-hydrogen) atoms. The second-order valence-electron chi connectivity index (χ2n) is 5.38. The van der Waals surface area contributed by atoms with Crippen molar-refractivity contribution in [3.8, 4) is 0 Å². The Kier molecular flexibility index (Phi) is 5.33. The average Bonchev–Trinajstić information content (AvgIpc) is 2.94. The number of nitrogens with one attached hydrogen (secondary N) is 1. The van der Waals surface area contributed by atoms with Crippen molar-refractivity contribution < 1.29 is 4.79 Å². The molecule has 1 heterocycles. The van der Waals surface area contributed by atoms with Crippen LogP contribution in [0.3, 0.4) is 0 Å². The van der Waals surface area contributed by atoms with Crippen molar-refractivity contribution in [2.75, 3.05) is 0 Å². The smallest absolute Gasteiger partial charge is 0.239 e. The van der Waals surface area contributed by atoms with Gasteiger partial charge in [-0.25, -0.2) is 0 Å². The highest BCUT2D eigenvalue weighted by molar-refractivity contribution is 8.15. The van der Waals surface area contributed by atoms with Gasteiger partial charge < -0.3 is 5.32 Å². The van der Waals surface area contributed by atoms with Crippen LogP contribution in [0.15, 0.2) is 64.8 Å². The zero-order valence-corrected chi connectivity index (χ0v) is 14.6. The molecule has 6 heteroatoms. The number of carbonyl (C=O) groups is 1. The highest BCUT2D eigenvalue weighted by Crippen LogP contribution is 2.23. The summed E-state index contributed by atoms with van der Waals surface area (Å²) in [6.07, 6.45) is 0.677. The summed E-state index contributed by atoms with van der Waals surface area (Å²) in [6.45, 7) is 1.87. The molecule has 2 aromatic carbocycles. The summed E-state index contributed by atoms with van der Waals surface area (Å²) in [5.74, 6) is -0.0260. The number of nitrogens with zero attached hydrogens (tertiary/aromatic N) is 2. The molecule has 1 atom stereocenters. The molecule has 0 aromatic heterocycles. The number of benzene rings is 2. The zero-order chi connectivity index (χ0) is 16.9. The Labute approximate surface area is 150 Å². The number of halogens is 1. The highest BCUT2D eigenvalue weighted by atomic mass is 35.5. The minimum absolute atomic E-state index is 0.0260. The van der Waals surface area contributed by atoms with Crippen molar-refractivity contribution in [2.45, 2.75) is 18.6 Å². The number of carbonyl (C=O) groups excluding carboxylic acids is 1. The molecule has 0 aliphatic carbocycles. The molecule has 0 bridgehead atoms. The van der Waals surface area contributed by atoms with Crippen molar-refractivity contribution in [3.05, 3.63) is 70.7 Å². The summed E-state index contributed by atoms with van der Waals surface area (Å²) in [5.41, 5.74) is 2.84. The molecule has 0 radical (unpaired) electrons. The highest BCUT2D eigenvalue weighted by Gasteiger charge is 2.30. The second kappa shape index (κ2) is 7.64. The fraction of sp³-hybridized carbons (Fsp3) is 0.167. The van der Waals surface area contributed by atoms with Gasteiger partial charge in [-0.15, -0.1) is 5.10 Å². The Morgan fingerprint density at radius 2 is 1.88 bits per heavy atom. The second-order valence-corrected chi connectivity index (χ2v) is 7.01. The standard InChI is InChI=1S/C18H16ClN3OS/c1-12(14-7-9-15(19)10-8-14)21-22-18-20-17(23)16(24-18)11-13-5-3-2-4-6-13/h2-10,16H,11H2,1H3,(H,20,22,23)/b21-12-. The van der Waals surface area contributed by atoms with Gasteiger partial charge in [0.2, 0.25) is 5.91 Å². The van der Waals surface area contributed by atoms with Crippen LogP contribution in [0.1, 0.15) is 18.1 Å². The van der Waals surface area contributed by atoms with Crippen LogP contribution in [0.25, 0.3) is 0 Å². The van der Waals surface area contributed by atoms with Crippen LogP contribution < -0.4 is 5.32 Å². The molecular weight excluding hydrogens is 342 g/mol. The van der Waals surface area contributed by atoms with E-state index in [0.717, 1.165) is 16.8 Å². The predicted molar refractivity (Wildman–Crippen MR) is 101 cm³/mol.